The number of methoxy groups -OCH3 is 1. The summed E-state index contributed by atoms with van der Waals surface area (Å²) in [7, 11) is 1.58. The first-order valence-electron chi connectivity index (χ1n) is 8.32. The van der Waals surface area contributed by atoms with Crippen LogP contribution in [0.4, 0.5) is 22.0 Å². The minimum atomic E-state index is -0.306. The Bertz CT molecular complexity index is 997. The van der Waals surface area contributed by atoms with Crippen LogP contribution in [0.25, 0.3) is 10.9 Å². The predicted octanol–water partition coefficient (Wildman–Crippen LogP) is 3.12. The summed E-state index contributed by atoms with van der Waals surface area (Å²) in [5.74, 6) is 3.23. The van der Waals surface area contributed by atoms with Crippen molar-refractivity contribution < 1.29 is 9.53 Å². The highest BCUT2D eigenvalue weighted by molar-refractivity contribution is 5.96. The second-order valence-electron chi connectivity index (χ2n) is 5.68. The molecule has 7 nitrogen and oxygen atoms in total. The summed E-state index contributed by atoms with van der Waals surface area (Å²) < 4.78 is 4.91. The molecule has 0 saturated heterocycles. The lowest BCUT2D eigenvalue weighted by atomic mass is 10.2. The summed E-state index contributed by atoms with van der Waals surface area (Å²) in [6.45, 7) is 0.876. The number of amides is 2. The van der Waals surface area contributed by atoms with Crippen molar-refractivity contribution in [2.24, 2.45) is 0 Å². The number of ether oxygens (including phenoxy) is 1. The van der Waals surface area contributed by atoms with Gasteiger partial charge in [-0.1, -0.05) is 12.0 Å². The van der Waals surface area contributed by atoms with Crippen molar-refractivity contribution in [3.63, 3.8) is 0 Å². The molecule has 7 heteroatoms. The summed E-state index contributed by atoms with van der Waals surface area (Å²) >= 11 is 0. The Morgan fingerprint density at radius 3 is 2.89 bits per heavy atom. The van der Waals surface area contributed by atoms with Gasteiger partial charge >= 0.3 is 6.03 Å². The Balaban J connectivity index is 1.83. The Morgan fingerprint density at radius 1 is 1.19 bits per heavy atom. The molecule has 0 atom stereocenters. The van der Waals surface area contributed by atoms with Crippen LogP contribution in [0.5, 0.6) is 0 Å². The zero-order valence-electron chi connectivity index (χ0n) is 14.8. The Kier molecular flexibility index (Phi) is 5.82. The number of benzene rings is 2. The first-order chi connectivity index (χ1) is 13.2. The minimum Gasteiger partial charge on any atom is -0.383 e. The van der Waals surface area contributed by atoms with E-state index in [4.69, 9.17) is 11.2 Å². The van der Waals surface area contributed by atoms with Gasteiger partial charge in [-0.3, -0.25) is 0 Å². The van der Waals surface area contributed by atoms with Gasteiger partial charge in [0.05, 0.1) is 12.1 Å². The van der Waals surface area contributed by atoms with Gasteiger partial charge in [0, 0.05) is 36.0 Å². The van der Waals surface area contributed by atoms with Crippen LogP contribution in [0, 0.1) is 12.3 Å². The van der Waals surface area contributed by atoms with E-state index >= 15 is 0 Å². The van der Waals surface area contributed by atoms with Crippen LogP contribution in [-0.2, 0) is 4.74 Å². The number of anilines is 3. The molecule has 0 saturated carbocycles. The fraction of sp³-hybridized carbons (Fsp3) is 0.150. The minimum absolute atomic E-state index is 0.306. The van der Waals surface area contributed by atoms with Crippen molar-refractivity contribution in [1.82, 2.24) is 15.3 Å². The van der Waals surface area contributed by atoms with Crippen LogP contribution in [0.15, 0.2) is 48.8 Å². The fourth-order valence-corrected chi connectivity index (χ4v) is 2.50. The normalized spacial score (nSPS) is 10.2. The van der Waals surface area contributed by atoms with Crippen LogP contribution in [0.1, 0.15) is 5.56 Å². The van der Waals surface area contributed by atoms with E-state index in [0.717, 1.165) is 22.2 Å². The molecule has 2 aromatic carbocycles. The molecule has 136 valence electrons. The predicted molar refractivity (Wildman–Crippen MR) is 106 cm³/mol. The first kappa shape index (κ1) is 18.2. The summed E-state index contributed by atoms with van der Waals surface area (Å²) in [5.41, 5.74) is 2.98. The Labute approximate surface area is 157 Å². The molecule has 0 bridgehead atoms. The number of terminal acetylenes is 1. The van der Waals surface area contributed by atoms with Crippen molar-refractivity contribution in [3.05, 3.63) is 54.4 Å². The summed E-state index contributed by atoms with van der Waals surface area (Å²) in [6.07, 6.45) is 6.94. The highest BCUT2D eigenvalue weighted by Gasteiger charge is 2.08. The fourth-order valence-electron chi connectivity index (χ4n) is 2.50. The zero-order chi connectivity index (χ0) is 19.1. The average Bonchev–Trinajstić information content (AvgIpc) is 2.69. The number of carbonyl (C=O) groups excluding carboxylic acids is 1. The van der Waals surface area contributed by atoms with Crippen molar-refractivity contribution in [2.45, 2.75) is 0 Å². The van der Waals surface area contributed by atoms with Crippen LogP contribution >= 0.6 is 0 Å². The number of hydrogen-bond acceptors (Lipinski definition) is 5. The van der Waals surface area contributed by atoms with E-state index in [1.54, 1.807) is 13.2 Å². The molecule has 0 spiro atoms. The number of rotatable bonds is 6. The highest BCUT2D eigenvalue weighted by Crippen LogP contribution is 2.26. The van der Waals surface area contributed by atoms with Gasteiger partial charge in [0.25, 0.3) is 0 Å². The number of carbonyl (C=O) groups is 1. The van der Waals surface area contributed by atoms with E-state index in [-0.39, 0.29) is 6.03 Å². The molecule has 3 rings (SSSR count). The average molecular weight is 361 g/mol. The zero-order valence-corrected chi connectivity index (χ0v) is 14.8. The number of nitrogens with one attached hydrogen (secondary N) is 3. The number of aromatic nitrogens is 2. The van der Waals surface area contributed by atoms with Crippen molar-refractivity contribution in [1.29, 1.82) is 0 Å². The number of nitrogens with zero attached hydrogens (tertiary/aromatic N) is 2. The number of urea groups is 1. The Morgan fingerprint density at radius 2 is 2.07 bits per heavy atom. The van der Waals surface area contributed by atoms with Gasteiger partial charge in [0.15, 0.2) is 0 Å². The van der Waals surface area contributed by atoms with E-state index in [2.05, 4.69) is 31.8 Å². The maximum atomic E-state index is 11.9. The summed E-state index contributed by atoms with van der Waals surface area (Å²) in [5, 5.41) is 9.52. The maximum Gasteiger partial charge on any atom is 0.319 e. The molecule has 1 aromatic heterocycles. The van der Waals surface area contributed by atoms with Gasteiger partial charge in [-0.15, -0.1) is 6.42 Å². The molecular weight excluding hydrogens is 342 g/mol. The SMILES string of the molecule is C#Cc1cccc(Nc2ncnc3ccc(NC(=O)NCCOC)cc23)c1. The molecule has 0 aliphatic rings. The van der Waals surface area contributed by atoms with Gasteiger partial charge in [-0.2, -0.15) is 0 Å². The van der Waals surface area contributed by atoms with Crippen LogP contribution in [0.2, 0.25) is 0 Å². The third-order valence-corrected chi connectivity index (χ3v) is 3.78. The Hall–Kier alpha value is -3.63. The molecule has 3 aromatic rings. The lowest BCUT2D eigenvalue weighted by Crippen LogP contribution is -2.31. The van der Waals surface area contributed by atoms with Gasteiger partial charge in [-0.25, -0.2) is 14.8 Å². The first-order valence-corrected chi connectivity index (χ1v) is 8.32. The van der Waals surface area contributed by atoms with E-state index in [0.29, 0.717) is 24.7 Å². The molecule has 0 radical (unpaired) electrons. The molecule has 27 heavy (non-hydrogen) atoms. The molecule has 1 heterocycles. The second-order valence-corrected chi connectivity index (χ2v) is 5.68. The van der Waals surface area contributed by atoms with Gasteiger partial charge in [0.1, 0.15) is 12.1 Å². The van der Waals surface area contributed by atoms with Crippen LogP contribution in [-0.4, -0.2) is 36.3 Å². The molecule has 0 aliphatic heterocycles. The van der Waals surface area contributed by atoms with E-state index < -0.39 is 0 Å². The van der Waals surface area contributed by atoms with Gasteiger partial charge in [0.2, 0.25) is 0 Å². The number of fused-ring (bicyclic) bond motifs is 1. The van der Waals surface area contributed by atoms with Gasteiger partial charge in [-0.05, 0) is 36.4 Å². The number of hydrogen-bond donors (Lipinski definition) is 3. The van der Waals surface area contributed by atoms with Crippen LogP contribution < -0.4 is 16.0 Å². The smallest absolute Gasteiger partial charge is 0.319 e. The van der Waals surface area contributed by atoms with E-state index in [1.807, 2.05) is 36.4 Å². The molecule has 3 N–H and O–H groups in total. The molecule has 2 amide bonds. The standard InChI is InChI=1S/C20H19N5O2/c1-3-14-5-4-6-15(11-14)24-19-17-12-16(7-8-18(17)22-13-23-19)25-20(26)21-9-10-27-2/h1,4-8,11-13H,9-10H2,2H3,(H2,21,25,26)(H,22,23,24). The second kappa shape index (κ2) is 8.65. The van der Waals surface area contributed by atoms with Crippen LogP contribution in [0.3, 0.4) is 0 Å². The third-order valence-electron chi connectivity index (χ3n) is 3.78. The quantitative estimate of drug-likeness (QED) is 0.464. The molecular formula is C20H19N5O2. The van der Waals surface area contributed by atoms with Crippen molar-refractivity contribution in [2.75, 3.05) is 30.9 Å². The molecule has 0 fully saturated rings. The lowest BCUT2D eigenvalue weighted by molar-refractivity contribution is 0.198. The third kappa shape index (κ3) is 4.71. The summed E-state index contributed by atoms with van der Waals surface area (Å²) in [4.78, 5) is 20.5. The monoisotopic (exact) mass is 361 g/mol. The van der Waals surface area contributed by atoms with Crippen molar-refractivity contribution >= 4 is 34.1 Å². The molecule has 0 unspecified atom stereocenters. The van der Waals surface area contributed by atoms with Gasteiger partial charge < -0.3 is 20.7 Å². The largest absolute Gasteiger partial charge is 0.383 e. The van der Waals surface area contributed by atoms with E-state index in [1.165, 1.54) is 6.33 Å². The molecule has 0 aliphatic carbocycles. The van der Waals surface area contributed by atoms with Crippen molar-refractivity contribution in [3.8, 4) is 12.3 Å². The highest BCUT2D eigenvalue weighted by atomic mass is 16.5. The van der Waals surface area contributed by atoms with E-state index in [9.17, 15) is 4.79 Å². The lowest BCUT2D eigenvalue weighted by Gasteiger charge is -2.11. The topological polar surface area (TPSA) is 88.2 Å². The summed E-state index contributed by atoms with van der Waals surface area (Å²) in [6, 6.07) is 12.6. The maximum absolute atomic E-state index is 11.9.